The first-order valence-electron chi connectivity index (χ1n) is 7.87. The number of halogens is 3. The Morgan fingerprint density at radius 3 is 2.30 bits per heavy atom. The third-order valence-electron chi connectivity index (χ3n) is 4.12. The van der Waals surface area contributed by atoms with Gasteiger partial charge in [0.1, 0.15) is 0 Å². The SMILES string of the molecule is CCCNC(CCC(F)(F)F)C1(OCC)CCCCC1. The van der Waals surface area contributed by atoms with Crippen LogP contribution in [0, 0.1) is 0 Å². The fraction of sp³-hybridized carbons (Fsp3) is 1.00. The van der Waals surface area contributed by atoms with E-state index >= 15 is 0 Å². The molecule has 0 heterocycles. The lowest BCUT2D eigenvalue weighted by atomic mass is 9.77. The van der Waals surface area contributed by atoms with E-state index in [2.05, 4.69) is 5.32 Å². The monoisotopic (exact) mass is 295 g/mol. The molecule has 0 radical (unpaired) electrons. The van der Waals surface area contributed by atoms with Gasteiger partial charge in [-0.2, -0.15) is 13.2 Å². The molecule has 0 aromatic heterocycles. The Balaban J connectivity index is 2.74. The Labute approximate surface area is 120 Å². The average Bonchev–Trinajstić information content (AvgIpc) is 2.39. The fourth-order valence-electron chi connectivity index (χ4n) is 3.21. The van der Waals surface area contributed by atoms with E-state index < -0.39 is 18.2 Å². The molecule has 1 atom stereocenters. The molecule has 1 N–H and O–H groups in total. The highest BCUT2D eigenvalue weighted by Crippen LogP contribution is 2.37. The van der Waals surface area contributed by atoms with Gasteiger partial charge in [0.2, 0.25) is 0 Å². The molecule has 0 aliphatic heterocycles. The van der Waals surface area contributed by atoms with Crippen molar-refractivity contribution in [2.24, 2.45) is 0 Å². The quantitative estimate of drug-likeness (QED) is 0.715. The smallest absolute Gasteiger partial charge is 0.374 e. The Kier molecular flexibility index (Phi) is 7.30. The Hall–Kier alpha value is -0.290. The molecule has 1 unspecified atom stereocenters. The van der Waals surface area contributed by atoms with E-state index in [9.17, 15) is 13.2 Å². The molecular weight excluding hydrogens is 267 g/mol. The van der Waals surface area contributed by atoms with Crippen LogP contribution in [0.3, 0.4) is 0 Å². The van der Waals surface area contributed by atoms with Crippen LogP contribution < -0.4 is 5.32 Å². The van der Waals surface area contributed by atoms with Crippen molar-refractivity contribution in [2.75, 3.05) is 13.2 Å². The van der Waals surface area contributed by atoms with E-state index in [0.29, 0.717) is 6.61 Å². The zero-order valence-corrected chi connectivity index (χ0v) is 12.7. The highest BCUT2D eigenvalue weighted by atomic mass is 19.4. The Morgan fingerprint density at radius 2 is 1.80 bits per heavy atom. The standard InChI is InChI=1S/C15H28F3NO/c1-3-12-19-13(8-11-15(16,17)18)14(20-4-2)9-6-5-7-10-14/h13,19H,3-12H2,1-2H3. The summed E-state index contributed by atoms with van der Waals surface area (Å²) in [5.41, 5.74) is -0.395. The maximum absolute atomic E-state index is 12.5. The summed E-state index contributed by atoms with van der Waals surface area (Å²) < 4.78 is 43.6. The molecule has 1 aliphatic rings. The van der Waals surface area contributed by atoms with Gasteiger partial charge >= 0.3 is 6.18 Å². The van der Waals surface area contributed by atoms with Gasteiger partial charge in [-0.05, 0) is 39.2 Å². The van der Waals surface area contributed by atoms with Gasteiger partial charge in [0, 0.05) is 19.1 Å². The summed E-state index contributed by atoms with van der Waals surface area (Å²) in [5.74, 6) is 0. The first-order valence-corrected chi connectivity index (χ1v) is 7.87. The molecule has 5 heteroatoms. The number of ether oxygens (including phenoxy) is 1. The maximum Gasteiger partial charge on any atom is 0.389 e. The minimum absolute atomic E-state index is 0.115. The zero-order valence-electron chi connectivity index (χ0n) is 12.7. The molecule has 1 aliphatic carbocycles. The van der Waals surface area contributed by atoms with Crippen molar-refractivity contribution in [1.82, 2.24) is 5.32 Å². The Morgan fingerprint density at radius 1 is 1.15 bits per heavy atom. The van der Waals surface area contributed by atoms with Crippen molar-refractivity contribution in [2.45, 2.75) is 83.0 Å². The lowest BCUT2D eigenvalue weighted by Gasteiger charge is -2.44. The predicted molar refractivity (Wildman–Crippen MR) is 74.8 cm³/mol. The summed E-state index contributed by atoms with van der Waals surface area (Å²) in [7, 11) is 0. The largest absolute Gasteiger partial charge is 0.389 e. The van der Waals surface area contributed by atoms with Crippen molar-refractivity contribution in [1.29, 1.82) is 0 Å². The number of rotatable bonds is 8. The molecule has 2 nitrogen and oxygen atoms in total. The highest BCUT2D eigenvalue weighted by Gasteiger charge is 2.42. The predicted octanol–water partition coefficient (Wildman–Crippen LogP) is 4.44. The van der Waals surface area contributed by atoms with Gasteiger partial charge in [-0.25, -0.2) is 0 Å². The molecule has 20 heavy (non-hydrogen) atoms. The zero-order chi connectivity index (χ0) is 15.1. The van der Waals surface area contributed by atoms with Gasteiger partial charge in [-0.3, -0.25) is 0 Å². The third-order valence-corrected chi connectivity index (χ3v) is 4.12. The van der Waals surface area contributed by atoms with E-state index in [-0.39, 0.29) is 12.5 Å². The van der Waals surface area contributed by atoms with Gasteiger partial charge in [-0.15, -0.1) is 0 Å². The van der Waals surface area contributed by atoms with Crippen molar-refractivity contribution in [3.63, 3.8) is 0 Å². The van der Waals surface area contributed by atoms with Gasteiger partial charge in [0.15, 0.2) is 0 Å². The summed E-state index contributed by atoms with van der Waals surface area (Å²) in [6.07, 6.45) is 1.23. The minimum Gasteiger partial charge on any atom is -0.374 e. The van der Waals surface area contributed by atoms with Crippen LogP contribution >= 0.6 is 0 Å². The number of alkyl halides is 3. The summed E-state index contributed by atoms with van der Waals surface area (Å²) in [4.78, 5) is 0. The van der Waals surface area contributed by atoms with Crippen molar-refractivity contribution in [3.8, 4) is 0 Å². The molecule has 0 amide bonds. The molecule has 1 saturated carbocycles. The van der Waals surface area contributed by atoms with E-state index in [1.165, 1.54) is 0 Å². The second-order valence-electron chi connectivity index (χ2n) is 5.72. The average molecular weight is 295 g/mol. The highest BCUT2D eigenvalue weighted by molar-refractivity contribution is 4.95. The maximum atomic E-state index is 12.5. The molecular formula is C15H28F3NO. The van der Waals surface area contributed by atoms with Crippen LogP contribution in [0.2, 0.25) is 0 Å². The third kappa shape index (κ3) is 5.60. The summed E-state index contributed by atoms with van der Waals surface area (Å²) in [5, 5.41) is 3.31. The first-order chi connectivity index (χ1) is 9.43. The lowest BCUT2D eigenvalue weighted by molar-refractivity contribution is -0.145. The second kappa shape index (κ2) is 8.23. The normalized spacial score (nSPS) is 20.9. The number of hydrogen-bond acceptors (Lipinski definition) is 2. The van der Waals surface area contributed by atoms with Crippen molar-refractivity contribution >= 4 is 0 Å². The van der Waals surface area contributed by atoms with Gasteiger partial charge < -0.3 is 10.1 Å². The Bertz CT molecular complexity index is 257. The molecule has 120 valence electrons. The summed E-state index contributed by atoms with van der Waals surface area (Å²) in [6, 6.07) is -0.190. The summed E-state index contributed by atoms with van der Waals surface area (Å²) >= 11 is 0. The molecule has 0 spiro atoms. The molecule has 0 bridgehead atoms. The summed E-state index contributed by atoms with van der Waals surface area (Å²) in [6.45, 7) is 5.27. The van der Waals surface area contributed by atoms with E-state index in [1.54, 1.807) is 0 Å². The molecule has 0 aromatic rings. The van der Waals surface area contributed by atoms with Crippen molar-refractivity contribution < 1.29 is 17.9 Å². The van der Waals surface area contributed by atoms with Crippen LogP contribution in [0.25, 0.3) is 0 Å². The molecule has 0 saturated heterocycles. The van der Waals surface area contributed by atoms with Crippen molar-refractivity contribution in [3.05, 3.63) is 0 Å². The van der Waals surface area contributed by atoms with E-state index in [4.69, 9.17) is 4.74 Å². The molecule has 1 rings (SSSR count). The van der Waals surface area contributed by atoms with Gasteiger partial charge in [0.05, 0.1) is 5.60 Å². The van der Waals surface area contributed by atoms with Crippen LogP contribution in [0.1, 0.15) is 65.2 Å². The van der Waals surface area contributed by atoms with Crippen LogP contribution in [-0.2, 0) is 4.74 Å². The first kappa shape index (κ1) is 17.8. The fourth-order valence-corrected chi connectivity index (χ4v) is 3.21. The van der Waals surface area contributed by atoms with E-state index in [0.717, 1.165) is 45.1 Å². The van der Waals surface area contributed by atoms with Gasteiger partial charge in [0.25, 0.3) is 0 Å². The number of nitrogens with one attached hydrogen (secondary N) is 1. The van der Waals surface area contributed by atoms with E-state index in [1.807, 2.05) is 13.8 Å². The van der Waals surface area contributed by atoms with Crippen LogP contribution in [0.5, 0.6) is 0 Å². The molecule has 0 aromatic carbocycles. The molecule has 1 fully saturated rings. The van der Waals surface area contributed by atoms with Crippen LogP contribution in [0.4, 0.5) is 13.2 Å². The van der Waals surface area contributed by atoms with Gasteiger partial charge in [-0.1, -0.05) is 26.2 Å². The van der Waals surface area contributed by atoms with Crippen LogP contribution in [0.15, 0.2) is 0 Å². The second-order valence-corrected chi connectivity index (χ2v) is 5.72. The van der Waals surface area contributed by atoms with Crippen LogP contribution in [-0.4, -0.2) is 31.0 Å². The topological polar surface area (TPSA) is 21.3 Å². The lowest BCUT2D eigenvalue weighted by Crippen LogP contribution is -2.54. The minimum atomic E-state index is -4.09. The number of hydrogen-bond donors (Lipinski definition) is 1.